The lowest BCUT2D eigenvalue weighted by Gasteiger charge is -2.50. The van der Waals surface area contributed by atoms with Gasteiger partial charge in [0.2, 0.25) is 0 Å². The number of hydrogen-bond donors (Lipinski definition) is 7. The summed E-state index contributed by atoms with van der Waals surface area (Å²) >= 11 is 0. The average Bonchev–Trinajstić information content (AvgIpc) is 3.53. The van der Waals surface area contributed by atoms with Gasteiger partial charge >= 0.3 is 18.3 Å². The van der Waals surface area contributed by atoms with E-state index in [1.165, 1.54) is 11.9 Å². The van der Waals surface area contributed by atoms with Crippen LogP contribution >= 0.6 is 0 Å². The first kappa shape index (κ1) is 43.3. The summed E-state index contributed by atoms with van der Waals surface area (Å²) in [5.41, 5.74) is 12.6. The molecule has 328 valence electrons. The second-order valence-electron chi connectivity index (χ2n) is 15.8. The number of amides is 3. The summed E-state index contributed by atoms with van der Waals surface area (Å²) in [5, 5.41) is 37.8. The summed E-state index contributed by atoms with van der Waals surface area (Å²) in [6, 6.07) is 15.2. The van der Waals surface area contributed by atoms with E-state index in [2.05, 4.69) is 15.6 Å². The Morgan fingerprint density at radius 3 is 2.05 bits per heavy atom. The molecule has 8 unspecified atom stereocenters. The van der Waals surface area contributed by atoms with E-state index in [1.54, 1.807) is 0 Å². The third-order valence-corrected chi connectivity index (χ3v) is 11.5. The van der Waals surface area contributed by atoms with E-state index in [1.807, 2.05) is 67.6 Å². The van der Waals surface area contributed by atoms with Gasteiger partial charge in [-0.3, -0.25) is 4.90 Å². The highest BCUT2D eigenvalue weighted by molar-refractivity contribution is 5.76. The van der Waals surface area contributed by atoms with Crippen molar-refractivity contribution in [3.63, 3.8) is 0 Å². The monoisotopic (exact) mass is 842 g/mol. The molecule has 15 atom stereocenters. The number of carbonyl (C=O) groups excluding carboxylic acids is 3. The maximum atomic E-state index is 13.2. The maximum absolute atomic E-state index is 13.2. The molecule has 5 aliphatic rings. The van der Waals surface area contributed by atoms with E-state index in [0.717, 1.165) is 11.1 Å². The number of guanidine groups is 1. The van der Waals surface area contributed by atoms with E-state index in [4.69, 9.17) is 49.4 Å². The van der Waals surface area contributed by atoms with Gasteiger partial charge in [-0.05, 0) is 24.0 Å². The molecule has 0 spiro atoms. The van der Waals surface area contributed by atoms with E-state index < -0.39 is 111 Å². The highest BCUT2D eigenvalue weighted by Gasteiger charge is 2.60. The molecule has 0 bridgehead atoms. The number of ether oxygens (including phenoxy) is 8. The number of nitrogens with two attached hydrogens (primary N) is 2. The molecule has 20 nitrogen and oxygen atoms in total. The Kier molecular flexibility index (Phi) is 13.9. The molecular formula is C40H54N6O14. The normalized spacial score (nSPS) is 36.2. The summed E-state index contributed by atoms with van der Waals surface area (Å²) < 4.78 is 48.4. The molecule has 4 saturated heterocycles. The van der Waals surface area contributed by atoms with Crippen molar-refractivity contribution in [3.8, 4) is 0 Å². The molecule has 60 heavy (non-hydrogen) atoms. The van der Waals surface area contributed by atoms with Crippen LogP contribution in [0.2, 0.25) is 0 Å². The SMILES string of the molecule is CC1C[C@@H]2OC(O[C@H]3OC(CO)[C@@H](N=C(N)N)CC3O)C3C(OC(=O)N3C)C2O[C@@H]1O[C@H]1C[C@H](O)[C@H](NC(=O)OCc2ccccc2)CC1NC(=O)OCc1ccccc1. The molecule has 2 aromatic carbocycles. The second kappa shape index (κ2) is 19.3. The van der Waals surface area contributed by atoms with Gasteiger partial charge in [0.25, 0.3) is 0 Å². The van der Waals surface area contributed by atoms with Crippen LogP contribution in [0.1, 0.15) is 43.7 Å². The molecule has 4 aliphatic heterocycles. The Balaban J connectivity index is 1.02. The van der Waals surface area contributed by atoms with Crippen molar-refractivity contribution in [2.45, 2.75) is 132 Å². The van der Waals surface area contributed by atoms with Crippen molar-refractivity contribution in [1.82, 2.24) is 15.5 Å². The molecule has 0 radical (unpaired) electrons. The number of carbonyl (C=O) groups is 3. The molecule has 20 heteroatoms. The minimum Gasteiger partial charge on any atom is -0.445 e. The summed E-state index contributed by atoms with van der Waals surface area (Å²) in [5.74, 6) is -0.554. The van der Waals surface area contributed by atoms with Gasteiger partial charge in [-0.25, -0.2) is 19.4 Å². The number of nitrogens with one attached hydrogen (secondary N) is 2. The standard InChI is InChI=1S/C40H54N6O14/c1-20-13-29-32(33-31(46(2)40(52)59-33)36(56-29)60-35-27(49)15-25(43-37(41)42)30(17-47)57-35)58-34(20)55-28-16-26(48)23(44-38(50)53-18-21-9-5-3-6-10-21)14-24(28)45-39(51)54-19-22-11-7-4-8-12-22/h3-12,20,23-36,47-49H,13-19H2,1-2H3,(H,44,50)(H,45,51)(H4,41,42,43)/t20?,23-,24?,25+,26+,27?,28+,29+,30?,31?,32?,33?,34+,35-,36?/m1/s1. The summed E-state index contributed by atoms with van der Waals surface area (Å²) in [7, 11) is 1.52. The van der Waals surface area contributed by atoms with E-state index in [-0.39, 0.29) is 44.4 Å². The number of rotatable bonds is 12. The average molecular weight is 843 g/mol. The zero-order valence-corrected chi connectivity index (χ0v) is 33.3. The number of nitrogens with zero attached hydrogens (tertiary/aromatic N) is 2. The van der Waals surface area contributed by atoms with Gasteiger partial charge in [-0.15, -0.1) is 0 Å². The third-order valence-electron chi connectivity index (χ3n) is 11.5. The van der Waals surface area contributed by atoms with Crippen molar-refractivity contribution in [2.24, 2.45) is 22.4 Å². The quantitative estimate of drug-likeness (QED) is 0.0873. The zero-order chi connectivity index (χ0) is 42.5. The molecule has 9 N–H and O–H groups in total. The summed E-state index contributed by atoms with van der Waals surface area (Å²) in [6.07, 6.45) is -11.4. The highest BCUT2D eigenvalue weighted by Crippen LogP contribution is 2.42. The Morgan fingerprint density at radius 2 is 1.43 bits per heavy atom. The van der Waals surface area contributed by atoms with Gasteiger partial charge in [0.15, 0.2) is 30.9 Å². The van der Waals surface area contributed by atoms with Crippen LogP contribution in [0.15, 0.2) is 65.7 Å². The molecule has 1 saturated carbocycles. The van der Waals surface area contributed by atoms with Crippen molar-refractivity contribution < 1.29 is 67.6 Å². The number of benzene rings is 2. The lowest BCUT2D eigenvalue weighted by Crippen LogP contribution is -2.65. The smallest absolute Gasteiger partial charge is 0.410 e. The number of aliphatic hydroxyl groups is 3. The van der Waals surface area contributed by atoms with Gasteiger partial charge in [0.1, 0.15) is 37.6 Å². The predicted molar refractivity (Wildman–Crippen MR) is 207 cm³/mol. The molecule has 5 fully saturated rings. The number of likely N-dealkylation sites (N-methyl/N-ethyl adjacent to an activating group) is 1. The van der Waals surface area contributed by atoms with Crippen LogP contribution in [0.4, 0.5) is 14.4 Å². The minimum atomic E-state index is -1.26. The van der Waals surface area contributed by atoms with Crippen molar-refractivity contribution in [1.29, 1.82) is 0 Å². The molecule has 7 rings (SSSR count). The fourth-order valence-electron chi connectivity index (χ4n) is 8.37. The molecule has 2 aromatic rings. The van der Waals surface area contributed by atoms with Gasteiger partial charge in [-0.2, -0.15) is 0 Å². The topological polar surface area (TPSA) is 277 Å². The van der Waals surface area contributed by atoms with Crippen LogP contribution in [-0.2, 0) is 51.1 Å². The first-order chi connectivity index (χ1) is 28.9. The highest BCUT2D eigenvalue weighted by atomic mass is 16.8. The number of aliphatic hydroxyl groups excluding tert-OH is 3. The maximum Gasteiger partial charge on any atom is 0.410 e. The van der Waals surface area contributed by atoms with Crippen molar-refractivity contribution >= 4 is 24.2 Å². The first-order valence-corrected chi connectivity index (χ1v) is 20.1. The van der Waals surface area contributed by atoms with Crippen LogP contribution in [-0.4, -0.2) is 144 Å². The Bertz CT molecular complexity index is 1790. The number of hydrogen-bond acceptors (Lipinski definition) is 15. The van der Waals surface area contributed by atoms with E-state index in [9.17, 15) is 29.7 Å². The lowest BCUT2D eigenvalue weighted by molar-refractivity contribution is -0.368. The van der Waals surface area contributed by atoms with Crippen LogP contribution in [0.25, 0.3) is 0 Å². The molecule has 0 aromatic heterocycles. The van der Waals surface area contributed by atoms with Crippen LogP contribution < -0.4 is 22.1 Å². The Hall–Kier alpha value is -4.80. The molecule has 3 amide bonds. The van der Waals surface area contributed by atoms with Crippen LogP contribution in [0.5, 0.6) is 0 Å². The van der Waals surface area contributed by atoms with Gasteiger partial charge in [0, 0.05) is 25.8 Å². The van der Waals surface area contributed by atoms with E-state index in [0.29, 0.717) is 6.42 Å². The fourth-order valence-corrected chi connectivity index (χ4v) is 8.37. The fraction of sp³-hybridized carbons (Fsp3) is 0.600. The van der Waals surface area contributed by atoms with Crippen LogP contribution in [0, 0.1) is 5.92 Å². The van der Waals surface area contributed by atoms with Gasteiger partial charge in [-0.1, -0.05) is 67.6 Å². The molecule has 4 heterocycles. The summed E-state index contributed by atoms with van der Waals surface area (Å²) in [4.78, 5) is 44.4. The van der Waals surface area contributed by atoms with E-state index >= 15 is 0 Å². The second-order valence-corrected chi connectivity index (χ2v) is 15.8. The van der Waals surface area contributed by atoms with Crippen LogP contribution in [0.3, 0.4) is 0 Å². The largest absolute Gasteiger partial charge is 0.445 e. The predicted octanol–water partition coefficient (Wildman–Crippen LogP) is 0.538. The molecule has 1 aliphatic carbocycles. The minimum absolute atomic E-state index is 0.00722. The molecular weight excluding hydrogens is 788 g/mol. The number of alkyl carbamates (subject to hydrolysis) is 2. The van der Waals surface area contributed by atoms with Crippen molar-refractivity contribution in [2.75, 3.05) is 13.7 Å². The van der Waals surface area contributed by atoms with Crippen molar-refractivity contribution in [3.05, 3.63) is 71.8 Å². The number of aliphatic imine (C=N–C) groups is 1. The Labute approximate surface area is 346 Å². The number of fused-ring (bicyclic) bond motifs is 3. The lowest BCUT2D eigenvalue weighted by atomic mass is 9.85. The Morgan fingerprint density at radius 1 is 0.800 bits per heavy atom. The van der Waals surface area contributed by atoms with Gasteiger partial charge in [0.05, 0.1) is 43.0 Å². The first-order valence-electron chi connectivity index (χ1n) is 20.1. The summed E-state index contributed by atoms with van der Waals surface area (Å²) in [6.45, 7) is 1.47. The third kappa shape index (κ3) is 10.2. The zero-order valence-electron chi connectivity index (χ0n) is 33.3. The van der Waals surface area contributed by atoms with Gasteiger partial charge < -0.3 is 75.3 Å².